The van der Waals surface area contributed by atoms with Crippen molar-refractivity contribution in [1.29, 1.82) is 0 Å². The van der Waals surface area contributed by atoms with Gasteiger partial charge in [0.2, 0.25) is 5.88 Å². The van der Waals surface area contributed by atoms with Crippen molar-refractivity contribution in [3.05, 3.63) is 41.5 Å². The molecule has 0 radical (unpaired) electrons. The summed E-state index contributed by atoms with van der Waals surface area (Å²) in [5, 5.41) is 0.462. The Morgan fingerprint density at radius 3 is 2.82 bits per heavy atom. The summed E-state index contributed by atoms with van der Waals surface area (Å²) >= 11 is 1.29. The molecule has 0 spiro atoms. The molecule has 2 aromatic heterocycles. The van der Waals surface area contributed by atoms with Gasteiger partial charge in [0.1, 0.15) is 16.1 Å². The van der Waals surface area contributed by atoms with Gasteiger partial charge in [0.15, 0.2) is 5.13 Å². The molecule has 0 amide bonds. The van der Waals surface area contributed by atoms with Crippen LogP contribution in [0.3, 0.4) is 0 Å². The third-order valence-corrected chi connectivity index (χ3v) is 3.86. The summed E-state index contributed by atoms with van der Waals surface area (Å²) in [6.45, 7) is 1.89. The van der Waals surface area contributed by atoms with Crippen LogP contribution in [0.1, 0.15) is 15.9 Å². The molecular weight excluding hydrogens is 302 g/mol. The maximum absolute atomic E-state index is 11.6. The van der Waals surface area contributed by atoms with Crippen molar-refractivity contribution >= 4 is 32.8 Å². The molecule has 6 nitrogen and oxygen atoms in total. The number of benzene rings is 1. The molecule has 0 aliphatic carbocycles. The van der Waals surface area contributed by atoms with E-state index in [4.69, 9.17) is 15.2 Å². The maximum atomic E-state index is 11.6. The molecule has 112 valence electrons. The van der Waals surface area contributed by atoms with Crippen LogP contribution in [0, 0.1) is 6.92 Å². The Hall–Kier alpha value is -2.67. The second-order valence-corrected chi connectivity index (χ2v) is 5.61. The maximum Gasteiger partial charge on any atom is 0.337 e. The van der Waals surface area contributed by atoms with E-state index in [0.29, 0.717) is 27.2 Å². The molecule has 0 fully saturated rings. The van der Waals surface area contributed by atoms with Crippen molar-refractivity contribution in [2.24, 2.45) is 0 Å². The van der Waals surface area contributed by atoms with E-state index >= 15 is 0 Å². The minimum Gasteiger partial charge on any atom is -0.465 e. The number of hydrogen-bond donors (Lipinski definition) is 1. The van der Waals surface area contributed by atoms with Crippen molar-refractivity contribution in [3.8, 4) is 11.6 Å². The van der Waals surface area contributed by atoms with E-state index in [1.54, 1.807) is 30.3 Å². The zero-order valence-electron chi connectivity index (χ0n) is 12.0. The molecule has 0 bridgehead atoms. The highest BCUT2D eigenvalue weighted by molar-refractivity contribution is 7.21. The van der Waals surface area contributed by atoms with Crippen LogP contribution in [0.2, 0.25) is 0 Å². The molecule has 0 saturated heterocycles. The molecule has 0 saturated carbocycles. The second kappa shape index (κ2) is 5.61. The number of nitrogen functional groups attached to an aromatic ring is 1. The first-order chi connectivity index (χ1) is 10.6. The SMILES string of the molecule is COC(=O)c1ccc(C)c(Oc2ccc3nc(N)sc3n2)c1. The smallest absolute Gasteiger partial charge is 0.337 e. The van der Waals surface area contributed by atoms with Crippen molar-refractivity contribution in [1.82, 2.24) is 9.97 Å². The minimum atomic E-state index is -0.413. The van der Waals surface area contributed by atoms with Gasteiger partial charge < -0.3 is 15.2 Å². The number of aromatic nitrogens is 2. The van der Waals surface area contributed by atoms with Crippen LogP contribution >= 0.6 is 11.3 Å². The number of carbonyl (C=O) groups is 1. The number of methoxy groups -OCH3 is 1. The summed E-state index contributed by atoms with van der Waals surface area (Å²) in [5.74, 6) is 0.553. The Balaban J connectivity index is 1.94. The van der Waals surface area contributed by atoms with Crippen LogP contribution < -0.4 is 10.5 Å². The summed E-state index contributed by atoms with van der Waals surface area (Å²) in [6, 6.07) is 8.63. The van der Waals surface area contributed by atoms with Crippen LogP contribution in [0.4, 0.5) is 5.13 Å². The Bertz CT molecular complexity index is 860. The lowest BCUT2D eigenvalue weighted by molar-refractivity contribution is 0.0600. The number of nitrogens with zero attached hydrogens (tertiary/aromatic N) is 2. The molecule has 7 heteroatoms. The van der Waals surface area contributed by atoms with Crippen molar-refractivity contribution in [2.45, 2.75) is 6.92 Å². The largest absolute Gasteiger partial charge is 0.465 e. The van der Waals surface area contributed by atoms with Crippen LogP contribution in [0.15, 0.2) is 30.3 Å². The first kappa shape index (κ1) is 14.3. The number of esters is 1. The summed E-state index contributed by atoms with van der Waals surface area (Å²) in [7, 11) is 1.34. The number of hydrogen-bond acceptors (Lipinski definition) is 7. The van der Waals surface area contributed by atoms with Gasteiger partial charge in [-0.1, -0.05) is 17.4 Å². The number of aryl methyl sites for hydroxylation is 1. The summed E-state index contributed by atoms with van der Waals surface area (Å²) in [4.78, 5) is 20.8. The quantitative estimate of drug-likeness (QED) is 0.747. The zero-order chi connectivity index (χ0) is 15.7. The summed E-state index contributed by atoms with van der Waals surface area (Å²) in [6.07, 6.45) is 0. The normalized spacial score (nSPS) is 10.6. The zero-order valence-corrected chi connectivity index (χ0v) is 12.8. The first-order valence-corrected chi connectivity index (χ1v) is 7.28. The second-order valence-electron chi connectivity index (χ2n) is 4.60. The number of rotatable bonds is 3. The molecule has 0 unspecified atom stereocenters. The molecule has 2 heterocycles. The predicted molar refractivity (Wildman–Crippen MR) is 84.4 cm³/mol. The molecule has 1 aromatic carbocycles. The van der Waals surface area contributed by atoms with Crippen LogP contribution in [0.5, 0.6) is 11.6 Å². The van der Waals surface area contributed by atoms with E-state index in [1.807, 2.05) is 6.92 Å². The Kier molecular flexibility index (Phi) is 3.64. The highest BCUT2D eigenvalue weighted by atomic mass is 32.1. The first-order valence-electron chi connectivity index (χ1n) is 6.46. The van der Waals surface area contributed by atoms with E-state index in [-0.39, 0.29) is 0 Å². The third kappa shape index (κ3) is 2.71. The fourth-order valence-electron chi connectivity index (χ4n) is 1.94. The van der Waals surface area contributed by atoms with Gasteiger partial charge in [-0.2, -0.15) is 0 Å². The lowest BCUT2D eigenvalue weighted by Gasteiger charge is -2.09. The van der Waals surface area contributed by atoms with Crippen LogP contribution in [-0.2, 0) is 4.74 Å². The molecule has 3 rings (SSSR count). The van der Waals surface area contributed by atoms with Crippen molar-refractivity contribution in [3.63, 3.8) is 0 Å². The number of carbonyl (C=O) groups excluding carboxylic acids is 1. The Morgan fingerprint density at radius 2 is 2.05 bits per heavy atom. The molecular formula is C15H13N3O3S. The molecule has 2 N–H and O–H groups in total. The van der Waals surface area contributed by atoms with Crippen molar-refractivity contribution < 1.29 is 14.3 Å². The van der Waals surface area contributed by atoms with Gasteiger partial charge in [0.25, 0.3) is 0 Å². The van der Waals surface area contributed by atoms with Gasteiger partial charge in [-0.3, -0.25) is 0 Å². The monoisotopic (exact) mass is 315 g/mol. The van der Waals surface area contributed by atoms with E-state index in [2.05, 4.69) is 9.97 Å². The highest BCUT2D eigenvalue weighted by Crippen LogP contribution is 2.29. The number of thiazole rings is 1. The van der Waals surface area contributed by atoms with Gasteiger partial charge >= 0.3 is 5.97 Å². The minimum absolute atomic E-state index is 0.413. The summed E-state index contributed by atoms with van der Waals surface area (Å²) < 4.78 is 10.5. The number of nitrogens with two attached hydrogens (primary N) is 1. The number of ether oxygens (including phenoxy) is 2. The van der Waals surface area contributed by atoms with Crippen LogP contribution in [0.25, 0.3) is 10.3 Å². The molecule has 3 aromatic rings. The molecule has 0 aliphatic heterocycles. The topological polar surface area (TPSA) is 87.3 Å². The van der Waals surface area contributed by atoms with Gasteiger partial charge in [-0.05, 0) is 30.7 Å². The average molecular weight is 315 g/mol. The third-order valence-electron chi connectivity index (χ3n) is 3.07. The van der Waals surface area contributed by atoms with E-state index in [0.717, 1.165) is 11.1 Å². The fraction of sp³-hybridized carbons (Fsp3) is 0.133. The average Bonchev–Trinajstić information content (AvgIpc) is 2.88. The lowest BCUT2D eigenvalue weighted by atomic mass is 10.1. The summed E-state index contributed by atoms with van der Waals surface area (Å²) in [5.41, 5.74) is 7.70. The number of anilines is 1. The van der Waals surface area contributed by atoms with Gasteiger partial charge in [0.05, 0.1) is 12.7 Å². The van der Waals surface area contributed by atoms with Crippen molar-refractivity contribution in [2.75, 3.05) is 12.8 Å². The van der Waals surface area contributed by atoms with E-state index in [9.17, 15) is 4.79 Å². The lowest BCUT2D eigenvalue weighted by Crippen LogP contribution is -2.02. The highest BCUT2D eigenvalue weighted by Gasteiger charge is 2.11. The standard InChI is InChI=1S/C15H13N3O3S/c1-8-3-4-9(14(19)20-2)7-11(8)21-12-6-5-10-13(18-12)22-15(16)17-10/h3-7H,1-2H3,(H2,16,17). The van der Waals surface area contributed by atoms with Crippen LogP contribution in [-0.4, -0.2) is 23.0 Å². The van der Waals surface area contributed by atoms with E-state index < -0.39 is 5.97 Å². The number of pyridine rings is 1. The Labute approximate surface area is 130 Å². The van der Waals surface area contributed by atoms with Gasteiger partial charge in [-0.25, -0.2) is 14.8 Å². The fourth-order valence-corrected chi connectivity index (χ4v) is 2.64. The molecule has 0 aliphatic rings. The van der Waals surface area contributed by atoms with Gasteiger partial charge in [0, 0.05) is 6.07 Å². The molecule has 22 heavy (non-hydrogen) atoms. The number of fused-ring (bicyclic) bond motifs is 1. The van der Waals surface area contributed by atoms with Gasteiger partial charge in [-0.15, -0.1) is 0 Å². The van der Waals surface area contributed by atoms with E-state index in [1.165, 1.54) is 18.4 Å². The molecule has 0 atom stereocenters. The predicted octanol–water partition coefficient (Wildman–Crippen LogP) is 3.16. The Morgan fingerprint density at radius 1 is 1.23 bits per heavy atom.